The second kappa shape index (κ2) is 15.3. The molecule has 0 N–H and O–H groups in total. The minimum absolute atomic E-state index is 0.381. The number of rotatable bonds is 13. The number of hydrogen-bond acceptors (Lipinski definition) is 4. The Morgan fingerprint density at radius 2 is 1.40 bits per heavy atom. The summed E-state index contributed by atoms with van der Waals surface area (Å²) in [6.45, 7) is 4.70. The molecular formula is C15H30O4Sn. The predicted octanol–water partition coefficient (Wildman–Crippen LogP) is 5.00. The zero-order valence-electron chi connectivity index (χ0n) is 13.1. The number of carbonyl (C=O) groups is 1. The molecule has 0 saturated heterocycles. The summed E-state index contributed by atoms with van der Waals surface area (Å²) in [5, 5.41) is 0. The van der Waals surface area contributed by atoms with Gasteiger partial charge in [0, 0.05) is 0 Å². The van der Waals surface area contributed by atoms with Gasteiger partial charge in [-0.25, -0.2) is 0 Å². The van der Waals surface area contributed by atoms with Crippen LogP contribution in [0.5, 0.6) is 0 Å². The van der Waals surface area contributed by atoms with Gasteiger partial charge in [-0.2, -0.15) is 0 Å². The van der Waals surface area contributed by atoms with Crippen molar-refractivity contribution >= 4 is 26.3 Å². The standard InChI is InChI=1S/C8H17.C7H14O3.O.Sn/c1-3-5-7-8-6-4-2;1-2-3-4-5-6-10-7(8)9;;/h1,3-8H2,2H3;2-6H2,1H3,(H,8,9);;/q;;;+1/p-1. The molecule has 0 amide bonds. The molecule has 0 rings (SSSR count). The van der Waals surface area contributed by atoms with E-state index in [1.807, 2.05) is 0 Å². The Morgan fingerprint density at radius 1 is 0.850 bits per heavy atom. The van der Waals surface area contributed by atoms with Gasteiger partial charge in [0.15, 0.2) is 0 Å². The van der Waals surface area contributed by atoms with Gasteiger partial charge in [-0.15, -0.1) is 0 Å². The Labute approximate surface area is 131 Å². The van der Waals surface area contributed by atoms with Crippen LogP contribution in [0.15, 0.2) is 0 Å². The van der Waals surface area contributed by atoms with Crippen LogP contribution in [0.4, 0.5) is 4.79 Å². The molecule has 0 atom stereocenters. The molecule has 0 aliphatic heterocycles. The number of ether oxygens (including phenoxy) is 1. The van der Waals surface area contributed by atoms with Crippen LogP contribution in [0.3, 0.4) is 0 Å². The molecule has 0 heterocycles. The predicted molar refractivity (Wildman–Crippen MR) is 81.2 cm³/mol. The molecule has 0 bridgehead atoms. The van der Waals surface area contributed by atoms with Gasteiger partial charge in [0.1, 0.15) is 0 Å². The topological polar surface area (TPSA) is 52.6 Å². The summed E-state index contributed by atoms with van der Waals surface area (Å²) < 4.78 is 22.0. The van der Waals surface area contributed by atoms with Gasteiger partial charge >= 0.3 is 131 Å². The second-order valence-corrected chi connectivity index (χ2v) is 9.28. The molecule has 4 nitrogen and oxygen atoms in total. The van der Waals surface area contributed by atoms with Gasteiger partial charge in [0.2, 0.25) is 0 Å². The first-order valence-corrected chi connectivity index (χ1v) is 12.4. The van der Waals surface area contributed by atoms with Crippen molar-refractivity contribution in [3.05, 3.63) is 0 Å². The van der Waals surface area contributed by atoms with E-state index < -0.39 is 26.3 Å². The number of hydrogen-bond donors (Lipinski definition) is 0. The van der Waals surface area contributed by atoms with Crippen molar-refractivity contribution in [2.45, 2.75) is 82.5 Å². The summed E-state index contributed by atoms with van der Waals surface area (Å²) in [6, 6.07) is 0. The van der Waals surface area contributed by atoms with Gasteiger partial charge in [-0.05, 0) is 0 Å². The van der Waals surface area contributed by atoms with E-state index in [1.165, 1.54) is 25.7 Å². The molecule has 0 aliphatic carbocycles. The van der Waals surface area contributed by atoms with Crippen LogP contribution in [0, 0.1) is 0 Å². The van der Waals surface area contributed by atoms with E-state index in [1.54, 1.807) is 0 Å². The van der Waals surface area contributed by atoms with Gasteiger partial charge < -0.3 is 0 Å². The summed E-state index contributed by atoms with van der Waals surface area (Å²) in [5.41, 5.74) is 0. The SMILES string of the molecule is CCCCCCC[CH2][Sn](=[O])[O]C(=O)OCCCCCC. The third-order valence-corrected chi connectivity index (χ3v) is 6.45. The molecular weight excluding hydrogens is 363 g/mol. The molecule has 0 unspecified atom stereocenters. The Balaban J connectivity index is 3.38. The Hall–Kier alpha value is -0.131. The fourth-order valence-electron chi connectivity index (χ4n) is 1.91. The average Bonchev–Trinajstić information content (AvgIpc) is 2.42. The van der Waals surface area contributed by atoms with Crippen molar-refractivity contribution in [1.82, 2.24) is 0 Å². The summed E-state index contributed by atoms with van der Waals surface area (Å²) in [5.74, 6) is 0. The zero-order chi connectivity index (χ0) is 15.1. The van der Waals surface area contributed by atoms with Crippen molar-refractivity contribution in [1.29, 1.82) is 0 Å². The van der Waals surface area contributed by atoms with E-state index in [0.717, 1.165) is 38.5 Å². The second-order valence-electron chi connectivity index (χ2n) is 5.15. The first-order valence-electron chi connectivity index (χ1n) is 8.08. The van der Waals surface area contributed by atoms with E-state index in [4.69, 9.17) is 7.81 Å². The van der Waals surface area contributed by atoms with Crippen LogP contribution < -0.4 is 0 Å². The van der Waals surface area contributed by atoms with E-state index in [-0.39, 0.29) is 0 Å². The van der Waals surface area contributed by atoms with Crippen molar-refractivity contribution in [3.63, 3.8) is 0 Å². The molecule has 5 heteroatoms. The van der Waals surface area contributed by atoms with Gasteiger partial charge in [0.25, 0.3) is 0 Å². The van der Waals surface area contributed by atoms with Crippen LogP contribution in [-0.4, -0.2) is 32.9 Å². The van der Waals surface area contributed by atoms with Crippen molar-refractivity contribution in [3.8, 4) is 0 Å². The summed E-state index contributed by atoms with van der Waals surface area (Å²) in [7, 11) is 0. The van der Waals surface area contributed by atoms with E-state index in [0.29, 0.717) is 11.0 Å². The summed E-state index contributed by atoms with van der Waals surface area (Å²) in [4.78, 5) is 11.3. The molecule has 0 aliphatic rings. The molecule has 0 aromatic heterocycles. The van der Waals surface area contributed by atoms with Crippen LogP contribution in [-0.2, 0) is 10.9 Å². The van der Waals surface area contributed by atoms with Crippen molar-refractivity contribution in [2.75, 3.05) is 6.61 Å². The summed E-state index contributed by atoms with van der Waals surface area (Å²) >= 11 is -3.16. The molecule has 118 valence electrons. The number of unbranched alkanes of at least 4 members (excludes halogenated alkanes) is 8. The van der Waals surface area contributed by atoms with E-state index in [2.05, 4.69) is 13.8 Å². The molecule has 0 radical (unpaired) electrons. The third kappa shape index (κ3) is 14.3. The third-order valence-electron chi connectivity index (χ3n) is 3.15. The fraction of sp³-hybridized carbons (Fsp3) is 0.933. The van der Waals surface area contributed by atoms with E-state index in [9.17, 15) is 7.87 Å². The molecule has 0 aromatic rings. The maximum absolute atomic E-state index is 11.6. The van der Waals surface area contributed by atoms with Crippen LogP contribution in [0.25, 0.3) is 0 Å². The Morgan fingerprint density at radius 3 is 2.05 bits per heavy atom. The first kappa shape index (κ1) is 19.9. The molecule has 0 spiro atoms. The molecule has 0 fully saturated rings. The van der Waals surface area contributed by atoms with Crippen LogP contribution in [0.1, 0.15) is 78.1 Å². The minimum atomic E-state index is -3.16. The van der Waals surface area contributed by atoms with Crippen LogP contribution in [0.2, 0.25) is 4.44 Å². The Bertz CT molecular complexity index is 256. The normalized spacial score (nSPS) is 10.3. The summed E-state index contributed by atoms with van der Waals surface area (Å²) in [6.07, 6.45) is 10.4. The zero-order valence-corrected chi connectivity index (χ0v) is 16.0. The fourth-order valence-corrected chi connectivity index (χ4v) is 4.43. The molecule has 20 heavy (non-hydrogen) atoms. The maximum atomic E-state index is 11.6. The molecule has 0 saturated carbocycles. The number of carbonyl (C=O) groups excluding carboxylic acids is 1. The van der Waals surface area contributed by atoms with Gasteiger partial charge in [-0.1, -0.05) is 0 Å². The van der Waals surface area contributed by atoms with E-state index >= 15 is 0 Å². The van der Waals surface area contributed by atoms with Crippen LogP contribution >= 0.6 is 0 Å². The van der Waals surface area contributed by atoms with Crippen molar-refractivity contribution in [2.24, 2.45) is 0 Å². The Kier molecular flexibility index (Phi) is 15.2. The van der Waals surface area contributed by atoms with Crippen molar-refractivity contribution < 1.29 is 15.7 Å². The average molecular weight is 393 g/mol. The monoisotopic (exact) mass is 394 g/mol. The molecule has 0 aromatic carbocycles. The van der Waals surface area contributed by atoms with Gasteiger partial charge in [0.05, 0.1) is 0 Å². The quantitative estimate of drug-likeness (QED) is 0.251. The first-order chi connectivity index (χ1) is 9.70. The van der Waals surface area contributed by atoms with Gasteiger partial charge in [-0.3, -0.25) is 0 Å².